The van der Waals surface area contributed by atoms with Crippen LogP contribution < -0.4 is 10.0 Å². The van der Waals surface area contributed by atoms with Crippen LogP contribution in [0.4, 0.5) is 5.69 Å². The Morgan fingerprint density at radius 3 is 2.25 bits per heavy atom. The molecule has 0 fully saturated rings. The summed E-state index contributed by atoms with van der Waals surface area (Å²) in [5.74, 6) is -0.321. The summed E-state index contributed by atoms with van der Waals surface area (Å²) in [5.41, 5.74) is 1.31. The van der Waals surface area contributed by atoms with Crippen LogP contribution in [0.25, 0.3) is 0 Å². The average Bonchev–Trinajstić information content (AvgIpc) is 2.47. The Kier molecular flexibility index (Phi) is 5.05. The van der Waals surface area contributed by atoms with Gasteiger partial charge in [0.2, 0.25) is 10.0 Å². The van der Waals surface area contributed by atoms with Crippen LogP contribution >= 0.6 is 0 Å². The van der Waals surface area contributed by atoms with Crippen LogP contribution in [0.5, 0.6) is 0 Å². The number of carbonyl (C=O) groups excluding carboxylic acids is 1. The van der Waals surface area contributed by atoms with Gasteiger partial charge in [-0.3, -0.25) is 9.78 Å². The van der Waals surface area contributed by atoms with E-state index in [-0.39, 0.29) is 10.8 Å². The Labute approximate surface area is 142 Å². The topological polar surface area (TPSA) is 88.2 Å². The molecule has 0 bridgehead atoms. The lowest BCUT2D eigenvalue weighted by molar-refractivity contribution is 0.102. The summed E-state index contributed by atoms with van der Waals surface area (Å²) in [4.78, 5) is 16.3. The Bertz CT molecular complexity index is 838. The zero-order valence-electron chi connectivity index (χ0n) is 14.1. The molecule has 0 saturated heterocycles. The lowest BCUT2D eigenvalue weighted by Gasteiger charge is -2.20. The fourth-order valence-corrected chi connectivity index (χ4v) is 3.46. The molecule has 0 spiro atoms. The number of nitrogens with one attached hydrogen (secondary N) is 2. The van der Waals surface area contributed by atoms with E-state index >= 15 is 0 Å². The molecule has 6 nitrogen and oxygen atoms in total. The zero-order chi connectivity index (χ0) is 18.0. The van der Waals surface area contributed by atoms with Gasteiger partial charge in [-0.25, -0.2) is 13.1 Å². The van der Waals surface area contributed by atoms with E-state index in [1.165, 1.54) is 24.3 Å². The summed E-state index contributed by atoms with van der Waals surface area (Å²) in [7, 11) is -3.62. The van der Waals surface area contributed by atoms with E-state index in [4.69, 9.17) is 0 Å². The average molecular weight is 347 g/mol. The quantitative estimate of drug-likeness (QED) is 0.890. The van der Waals surface area contributed by atoms with E-state index in [0.717, 1.165) is 5.56 Å². The van der Waals surface area contributed by atoms with Gasteiger partial charge >= 0.3 is 0 Å². The number of carbonyl (C=O) groups is 1. The van der Waals surface area contributed by atoms with Crippen molar-refractivity contribution in [2.45, 2.75) is 38.1 Å². The van der Waals surface area contributed by atoms with Crippen LogP contribution in [-0.4, -0.2) is 24.8 Å². The van der Waals surface area contributed by atoms with Crippen LogP contribution in [0.1, 0.15) is 36.7 Å². The maximum Gasteiger partial charge on any atom is 0.255 e. The number of aryl methyl sites for hydroxylation is 1. The number of aromatic nitrogens is 1. The second kappa shape index (κ2) is 6.70. The lowest BCUT2D eigenvalue weighted by Crippen LogP contribution is -2.40. The first kappa shape index (κ1) is 18.1. The minimum atomic E-state index is -3.62. The van der Waals surface area contributed by atoms with E-state index in [0.29, 0.717) is 11.3 Å². The van der Waals surface area contributed by atoms with Gasteiger partial charge in [0.15, 0.2) is 0 Å². The summed E-state index contributed by atoms with van der Waals surface area (Å²) in [6.07, 6.45) is 3.21. The number of anilines is 1. The van der Waals surface area contributed by atoms with Gasteiger partial charge < -0.3 is 5.32 Å². The summed E-state index contributed by atoms with van der Waals surface area (Å²) in [6, 6.07) is 7.60. The van der Waals surface area contributed by atoms with E-state index in [2.05, 4.69) is 15.0 Å². The molecule has 1 heterocycles. The molecule has 2 N–H and O–H groups in total. The maximum atomic E-state index is 12.3. The van der Waals surface area contributed by atoms with Crippen molar-refractivity contribution in [1.29, 1.82) is 0 Å². The molecule has 2 rings (SSSR count). The first-order valence-corrected chi connectivity index (χ1v) is 8.93. The molecule has 1 aromatic carbocycles. The van der Waals surface area contributed by atoms with Crippen molar-refractivity contribution < 1.29 is 13.2 Å². The van der Waals surface area contributed by atoms with E-state index in [9.17, 15) is 13.2 Å². The lowest BCUT2D eigenvalue weighted by atomic mass is 10.1. The fraction of sp³-hybridized carbons (Fsp3) is 0.294. The first-order valence-electron chi connectivity index (χ1n) is 7.44. The van der Waals surface area contributed by atoms with Crippen molar-refractivity contribution in [3.05, 3.63) is 53.9 Å². The number of nitrogens with zero attached hydrogens (tertiary/aromatic N) is 1. The number of hydrogen-bond donors (Lipinski definition) is 2. The van der Waals surface area contributed by atoms with Crippen molar-refractivity contribution in [3.8, 4) is 0 Å². The highest BCUT2D eigenvalue weighted by Crippen LogP contribution is 2.16. The molecule has 0 aliphatic carbocycles. The number of benzene rings is 1. The fourth-order valence-electron chi connectivity index (χ4n) is 2.04. The maximum absolute atomic E-state index is 12.3. The molecule has 1 amide bonds. The summed E-state index contributed by atoms with van der Waals surface area (Å²) in [6.45, 7) is 7.17. The standard InChI is InChI=1S/C17H21N3O3S/c1-12-9-10-18-11-15(12)19-16(21)13-5-7-14(8-6-13)24(22,23)20-17(2,3)4/h5-11,20H,1-4H3,(H,19,21). The zero-order valence-corrected chi connectivity index (χ0v) is 14.9. The third-order valence-electron chi connectivity index (χ3n) is 3.15. The summed E-state index contributed by atoms with van der Waals surface area (Å²) in [5, 5.41) is 2.76. The van der Waals surface area contributed by atoms with Crippen LogP contribution in [0.2, 0.25) is 0 Å². The molecule has 0 aliphatic heterocycles. The minimum Gasteiger partial charge on any atom is -0.320 e. The highest BCUT2D eigenvalue weighted by molar-refractivity contribution is 7.89. The largest absolute Gasteiger partial charge is 0.320 e. The molecule has 0 aliphatic rings. The van der Waals surface area contributed by atoms with E-state index in [1.807, 2.05) is 6.92 Å². The van der Waals surface area contributed by atoms with Crippen molar-refractivity contribution >= 4 is 21.6 Å². The normalized spacial score (nSPS) is 12.0. The number of pyridine rings is 1. The van der Waals surface area contributed by atoms with E-state index < -0.39 is 15.6 Å². The highest BCUT2D eigenvalue weighted by atomic mass is 32.2. The molecule has 128 valence electrons. The van der Waals surface area contributed by atoms with Crippen molar-refractivity contribution in [2.75, 3.05) is 5.32 Å². The Hall–Kier alpha value is -2.25. The minimum absolute atomic E-state index is 0.117. The highest BCUT2D eigenvalue weighted by Gasteiger charge is 2.22. The van der Waals surface area contributed by atoms with Crippen molar-refractivity contribution in [1.82, 2.24) is 9.71 Å². The van der Waals surface area contributed by atoms with Gasteiger partial charge in [0.25, 0.3) is 5.91 Å². The molecule has 2 aromatic rings. The molecule has 1 aromatic heterocycles. The van der Waals surface area contributed by atoms with Gasteiger partial charge in [0.1, 0.15) is 0 Å². The van der Waals surface area contributed by atoms with Gasteiger partial charge in [-0.15, -0.1) is 0 Å². The Balaban J connectivity index is 2.17. The monoisotopic (exact) mass is 347 g/mol. The Morgan fingerprint density at radius 2 is 1.71 bits per heavy atom. The number of amides is 1. The molecule has 7 heteroatoms. The Morgan fingerprint density at radius 1 is 1.08 bits per heavy atom. The third kappa shape index (κ3) is 4.62. The van der Waals surface area contributed by atoms with Gasteiger partial charge in [-0.05, 0) is 63.6 Å². The van der Waals surface area contributed by atoms with Gasteiger partial charge in [0.05, 0.1) is 16.8 Å². The summed E-state index contributed by atoms with van der Waals surface area (Å²) < 4.78 is 27.1. The third-order valence-corrected chi connectivity index (χ3v) is 4.93. The van der Waals surface area contributed by atoms with Crippen molar-refractivity contribution in [3.63, 3.8) is 0 Å². The predicted molar refractivity (Wildman–Crippen MR) is 93.4 cm³/mol. The number of sulfonamides is 1. The summed E-state index contributed by atoms with van der Waals surface area (Å²) >= 11 is 0. The number of rotatable bonds is 4. The molecular weight excluding hydrogens is 326 g/mol. The molecule has 0 radical (unpaired) electrons. The van der Waals surface area contributed by atoms with Crippen LogP contribution in [0.3, 0.4) is 0 Å². The predicted octanol–water partition coefficient (Wildman–Crippen LogP) is 2.72. The smallest absolute Gasteiger partial charge is 0.255 e. The van der Waals surface area contributed by atoms with Gasteiger partial charge in [0, 0.05) is 17.3 Å². The van der Waals surface area contributed by atoms with Crippen LogP contribution in [0.15, 0.2) is 47.6 Å². The second-order valence-electron chi connectivity index (χ2n) is 6.52. The van der Waals surface area contributed by atoms with Crippen LogP contribution in [0, 0.1) is 6.92 Å². The molecule has 0 unspecified atom stereocenters. The first-order chi connectivity index (χ1) is 11.1. The van der Waals surface area contributed by atoms with Crippen molar-refractivity contribution in [2.24, 2.45) is 0 Å². The molecule has 0 atom stereocenters. The van der Waals surface area contributed by atoms with E-state index in [1.54, 1.807) is 39.2 Å². The van der Waals surface area contributed by atoms with Gasteiger partial charge in [-0.1, -0.05) is 0 Å². The van der Waals surface area contributed by atoms with Crippen LogP contribution in [-0.2, 0) is 10.0 Å². The molecular formula is C17H21N3O3S. The SMILES string of the molecule is Cc1ccncc1NC(=O)c1ccc(S(=O)(=O)NC(C)(C)C)cc1. The molecule has 24 heavy (non-hydrogen) atoms. The molecule has 0 saturated carbocycles. The second-order valence-corrected chi connectivity index (χ2v) is 8.21. The van der Waals surface area contributed by atoms with Gasteiger partial charge in [-0.2, -0.15) is 0 Å². The number of hydrogen-bond acceptors (Lipinski definition) is 4.